The molecule has 1 fully saturated rings. The van der Waals surface area contributed by atoms with Crippen LogP contribution >= 0.6 is 0 Å². The highest BCUT2D eigenvalue weighted by Crippen LogP contribution is 2.35. The van der Waals surface area contributed by atoms with Crippen molar-refractivity contribution in [3.63, 3.8) is 0 Å². The van der Waals surface area contributed by atoms with E-state index in [1.165, 1.54) is 7.11 Å². The number of carbonyl (C=O) groups excluding carboxylic acids is 6. The normalized spacial score (nSPS) is 22.4. The highest BCUT2D eigenvalue weighted by atomic mass is 16.7. The third-order valence-electron chi connectivity index (χ3n) is 6.24. The Labute approximate surface area is 253 Å². The molecule has 44 heavy (non-hydrogen) atoms. The summed E-state index contributed by atoms with van der Waals surface area (Å²) in [7, 11) is 1.20. The van der Waals surface area contributed by atoms with Crippen molar-refractivity contribution in [3.05, 3.63) is 35.9 Å². The van der Waals surface area contributed by atoms with E-state index in [0.717, 1.165) is 33.3 Å². The lowest BCUT2D eigenvalue weighted by atomic mass is 9.88. The molecule has 0 aliphatic carbocycles. The summed E-state index contributed by atoms with van der Waals surface area (Å²) in [4.78, 5) is 73.1. The van der Waals surface area contributed by atoms with Gasteiger partial charge in [-0.05, 0) is 5.56 Å². The molecule has 1 aromatic carbocycles. The summed E-state index contributed by atoms with van der Waals surface area (Å²) in [6.45, 7) is 2.29. The van der Waals surface area contributed by atoms with Crippen LogP contribution in [0.5, 0.6) is 0 Å². The van der Waals surface area contributed by atoms with Gasteiger partial charge in [-0.15, -0.1) is 0 Å². The second-order valence-electron chi connectivity index (χ2n) is 9.74. The van der Waals surface area contributed by atoms with E-state index in [2.05, 4.69) is 10.6 Å². The van der Waals surface area contributed by atoms with Gasteiger partial charge in [0.1, 0.15) is 32.0 Å². The lowest BCUT2D eigenvalue weighted by molar-refractivity contribution is -0.323. The maximum Gasteiger partial charge on any atom is 0.407 e. The van der Waals surface area contributed by atoms with Gasteiger partial charge < -0.3 is 48.9 Å². The molecule has 0 unspecified atom stereocenters. The maximum absolute atomic E-state index is 13.1. The number of methoxy groups -OCH3 is 1. The van der Waals surface area contributed by atoms with Crippen LogP contribution in [0.3, 0.4) is 0 Å². The molecule has 1 aliphatic heterocycles. The number of aliphatic hydroxyl groups is 1. The van der Waals surface area contributed by atoms with E-state index >= 15 is 0 Å². The average Bonchev–Trinajstić information content (AvgIpc) is 2.96. The molecule has 3 N–H and O–H groups in total. The van der Waals surface area contributed by atoms with Crippen molar-refractivity contribution in [2.75, 3.05) is 26.9 Å². The summed E-state index contributed by atoms with van der Waals surface area (Å²) < 4.78 is 37.8. The average molecular weight is 627 g/mol. The molecule has 1 aromatic rings. The van der Waals surface area contributed by atoms with Gasteiger partial charge in [-0.3, -0.25) is 24.0 Å². The number of rotatable bonds is 14. The predicted molar refractivity (Wildman–Crippen MR) is 146 cm³/mol. The SMILES string of the molecule is CO[C@@]1(CO)C[C@H](OC(C)=O)[C@@H](NC(=O)CNC(=O)OCc2ccccc2)[C@H]([C@H](OC(C)=O)[C@@H](COC(C)=O)OC(C)=O)O1. The Morgan fingerprint density at radius 3 is 2.16 bits per heavy atom. The zero-order valence-electron chi connectivity index (χ0n) is 25.1. The molecule has 244 valence electrons. The molecule has 0 radical (unpaired) electrons. The fourth-order valence-corrected chi connectivity index (χ4v) is 4.41. The molecule has 2 rings (SSSR count). The quantitative estimate of drug-likeness (QED) is 0.182. The van der Waals surface area contributed by atoms with E-state index in [1.807, 2.05) is 0 Å². The van der Waals surface area contributed by atoms with E-state index in [0.29, 0.717) is 0 Å². The van der Waals surface area contributed by atoms with Crippen LogP contribution in [0.2, 0.25) is 0 Å². The number of ether oxygens (including phenoxy) is 7. The summed E-state index contributed by atoms with van der Waals surface area (Å²) in [6.07, 6.45) is -7.10. The third kappa shape index (κ3) is 11.4. The molecule has 0 saturated carbocycles. The van der Waals surface area contributed by atoms with Crippen LogP contribution in [0.4, 0.5) is 4.79 Å². The van der Waals surface area contributed by atoms with Crippen LogP contribution in [0.1, 0.15) is 39.7 Å². The molecule has 1 saturated heterocycles. The van der Waals surface area contributed by atoms with Crippen molar-refractivity contribution < 1.29 is 67.0 Å². The number of alkyl carbamates (subject to hydrolysis) is 1. The van der Waals surface area contributed by atoms with Crippen LogP contribution < -0.4 is 10.6 Å². The lowest BCUT2D eigenvalue weighted by Gasteiger charge is -2.49. The van der Waals surface area contributed by atoms with Crippen LogP contribution in [-0.4, -0.2) is 104 Å². The van der Waals surface area contributed by atoms with E-state index in [-0.39, 0.29) is 13.0 Å². The minimum atomic E-state index is -1.84. The van der Waals surface area contributed by atoms with Crippen molar-refractivity contribution in [1.29, 1.82) is 0 Å². The van der Waals surface area contributed by atoms with E-state index in [4.69, 9.17) is 33.2 Å². The zero-order chi connectivity index (χ0) is 32.9. The van der Waals surface area contributed by atoms with Crippen LogP contribution in [0, 0.1) is 0 Å². The maximum atomic E-state index is 13.1. The monoisotopic (exact) mass is 626 g/mol. The first kappa shape index (κ1) is 35.9. The van der Waals surface area contributed by atoms with Crippen molar-refractivity contribution in [2.24, 2.45) is 0 Å². The number of nitrogens with one attached hydrogen (secondary N) is 2. The predicted octanol–water partition coefficient (Wildman–Crippen LogP) is -0.120. The summed E-state index contributed by atoms with van der Waals surface area (Å²) in [5, 5.41) is 15.1. The topological polar surface area (TPSA) is 211 Å². The second kappa shape index (κ2) is 17.1. The molecule has 16 nitrogen and oxygen atoms in total. The van der Waals surface area contributed by atoms with Crippen LogP contribution in [0.15, 0.2) is 30.3 Å². The Morgan fingerprint density at radius 1 is 0.955 bits per heavy atom. The second-order valence-corrected chi connectivity index (χ2v) is 9.74. The smallest absolute Gasteiger partial charge is 0.407 e. The Bertz CT molecular complexity index is 1160. The highest BCUT2D eigenvalue weighted by Gasteiger charge is 2.55. The van der Waals surface area contributed by atoms with Crippen molar-refractivity contribution in [2.45, 2.75) is 77.0 Å². The van der Waals surface area contributed by atoms with Crippen molar-refractivity contribution in [3.8, 4) is 0 Å². The number of hydrogen-bond acceptors (Lipinski definition) is 14. The lowest BCUT2D eigenvalue weighted by Crippen LogP contribution is -2.68. The molecule has 2 amide bonds. The van der Waals surface area contributed by atoms with E-state index < -0.39 is 91.9 Å². The van der Waals surface area contributed by atoms with Gasteiger partial charge in [-0.2, -0.15) is 0 Å². The molecule has 6 atom stereocenters. The Balaban J connectivity index is 2.39. The first-order valence-electron chi connectivity index (χ1n) is 13.5. The molecule has 0 aromatic heterocycles. The molecule has 16 heteroatoms. The summed E-state index contributed by atoms with van der Waals surface area (Å²) in [5.74, 6) is -5.90. The van der Waals surface area contributed by atoms with Gasteiger partial charge in [0.15, 0.2) is 18.0 Å². The van der Waals surface area contributed by atoms with E-state index in [9.17, 15) is 33.9 Å². The Hall–Kier alpha value is -4.28. The minimum absolute atomic E-state index is 0.0500. The number of carbonyl (C=O) groups is 6. The standard InChI is InChI=1S/C28H38N2O14/c1-16(32)39-14-22(42-18(3)34)25(43-19(4)35)26-24(21(41-17(2)33)11-28(15-31,38-5)44-26)30-23(36)12-29-27(37)40-13-20-9-7-6-8-10-20/h6-10,21-22,24-26,31H,11-15H2,1-5H3,(H,29,37)(H,30,36)/t21-,22+,24+,25+,26+,28-/m0/s1. The summed E-state index contributed by atoms with van der Waals surface area (Å²) in [5.41, 5.74) is 0.719. The van der Waals surface area contributed by atoms with Gasteiger partial charge >= 0.3 is 30.0 Å². The van der Waals surface area contributed by atoms with Gasteiger partial charge in [0.25, 0.3) is 0 Å². The number of benzene rings is 1. The van der Waals surface area contributed by atoms with E-state index in [1.54, 1.807) is 30.3 Å². The zero-order valence-corrected chi connectivity index (χ0v) is 25.1. The van der Waals surface area contributed by atoms with Gasteiger partial charge in [-0.25, -0.2) is 4.79 Å². The van der Waals surface area contributed by atoms with Crippen LogP contribution in [-0.2, 0) is 63.7 Å². The Morgan fingerprint density at radius 2 is 1.61 bits per heavy atom. The molecular formula is C28H38N2O14. The Kier molecular flexibility index (Phi) is 14.0. The molecule has 0 bridgehead atoms. The molecule has 0 spiro atoms. The summed E-state index contributed by atoms with van der Waals surface area (Å²) >= 11 is 0. The van der Waals surface area contributed by atoms with Gasteiger partial charge in [-0.1, -0.05) is 30.3 Å². The molecule has 1 aliphatic rings. The molecule has 1 heterocycles. The van der Waals surface area contributed by atoms with Crippen LogP contribution in [0.25, 0.3) is 0 Å². The fourth-order valence-electron chi connectivity index (χ4n) is 4.41. The minimum Gasteiger partial charge on any atom is -0.462 e. The highest BCUT2D eigenvalue weighted by molar-refractivity contribution is 5.82. The first-order chi connectivity index (χ1) is 20.8. The number of amides is 2. The third-order valence-corrected chi connectivity index (χ3v) is 6.24. The number of hydrogen-bond donors (Lipinski definition) is 3. The van der Waals surface area contributed by atoms with Crippen molar-refractivity contribution in [1.82, 2.24) is 10.6 Å². The number of aliphatic hydroxyl groups excluding tert-OH is 1. The summed E-state index contributed by atoms with van der Waals surface area (Å²) in [6, 6.07) is 7.48. The molecular weight excluding hydrogens is 588 g/mol. The van der Waals surface area contributed by atoms with Gasteiger partial charge in [0.2, 0.25) is 5.91 Å². The van der Waals surface area contributed by atoms with Crippen molar-refractivity contribution >= 4 is 35.9 Å². The fraction of sp³-hybridized carbons (Fsp3) is 0.571. The largest absolute Gasteiger partial charge is 0.462 e. The van der Waals surface area contributed by atoms with Gasteiger partial charge in [0.05, 0.1) is 12.6 Å². The number of esters is 4. The van der Waals surface area contributed by atoms with Gasteiger partial charge in [0, 0.05) is 41.2 Å². The first-order valence-corrected chi connectivity index (χ1v) is 13.5.